The van der Waals surface area contributed by atoms with Gasteiger partial charge in [-0.3, -0.25) is 0 Å². The molecule has 0 spiro atoms. The predicted molar refractivity (Wildman–Crippen MR) is 116 cm³/mol. The molecule has 0 nitrogen and oxygen atoms in total. The largest absolute Gasteiger partial charge is 0.0816 e. The van der Waals surface area contributed by atoms with Crippen LogP contribution in [0.3, 0.4) is 0 Å². The van der Waals surface area contributed by atoms with Gasteiger partial charge in [0.05, 0.1) is 8.07 Å². The van der Waals surface area contributed by atoms with Crippen LogP contribution in [0.5, 0.6) is 0 Å². The van der Waals surface area contributed by atoms with E-state index in [0.29, 0.717) is 0 Å². The van der Waals surface area contributed by atoms with Crippen LogP contribution in [0, 0.1) is 11.8 Å². The summed E-state index contributed by atoms with van der Waals surface area (Å²) in [5.74, 6) is 1.64. The first-order valence-corrected chi connectivity index (χ1v) is 20.2. The van der Waals surface area contributed by atoms with Gasteiger partial charge in [0, 0.05) is 16.1 Å². The van der Waals surface area contributed by atoms with Gasteiger partial charge < -0.3 is 0 Å². The summed E-state index contributed by atoms with van der Waals surface area (Å²) in [6.45, 7) is 18.0. The zero-order valence-electron chi connectivity index (χ0n) is 16.8. The second-order valence-electron chi connectivity index (χ2n) is 10.9. The Morgan fingerprint density at radius 1 is 0.783 bits per heavy atom. The first-order valence-electron chi connectivity index (χ1n) is 9.89. The predicted octanol–water partition coefficient (Wildman–Crippen LogP) is 7.19. The van der Waals surface area contributed by atoms with Crippen LogP contribution in [0.2, 0.25) is 70.0 Å². The molecule has 0 saturated heterocycles. The van der Waals surface area contributed by atoms with Crippen LogP contribution in [-0.4, -0.2) is 24.2 Å². The van der Waals surface area contributed by atoms with Gasteiger partial charge in [0.15, 0.2) is 0 Å². The Morgan fingerprint density at radius 3 is 1.65 bits per heavy atom. The summed E-state index contributed by atoms with van der Waals surface area (Å²) in [6.07, 6.45) is 12.1. The van der Waals surface area contributed by atoms with E-state index in [2.05, 4.69) is 64.1 Å². The molecule has 0 fully saturated rings. The van der Waals surface area contributed by atoms with Crippen LogP contribution < -0.4 is 0 Å². The molecule has 0 aromatic carbocycles. The molecule has 0 radical (unpaired) electrons. The third kappa shape index (κ3) is 5.86. The summed E-state index contributed by atoms with van der Waals surface area (Å²) in [5, 5.41) is 1.95. The van der Waals surface area contributed by atoms with Crippen LogP contribution in [0.1, 0.15) is 19.3 Å². The van der Waals surface area contributed by atoms with Crippen LogP contribution in [0.25, 0.3) is 0 Å². The van der Waals surface area contributed by atoms with E-state index in [1.807, 2.05) is 5.20 Å². The van der Waals surface area contributed by atoms with Crippen LogP contribution >= 0.6 is 0 Å². The standard InChI is InChI=1S/C20H40Si3/c1-21(2,3)12-8-14-23(7,15-9-13-22(4,5)6)20-17-18-10-11-19(20)16-18/h10-11,17-19H,8-9,12-16H2,1-7H3. The number of hydrogen-bond donors (Lipinski definition) is 0. The van der Waals surface area contributed by atoms with Crippen LogP contribution in [0.4, 0.5) is 0 Å². The van der Waals surface area contributed by atoms with Crippen molar-refractivity contribution in [2.75, 3.05) is 0 Å². The molecule has 2 unspecified atom stereocenters. The molecule has 0 aromatic heterocycles. The Labute approximate surface area is 148 Å². The Morgan fingerprint density at radius 2 is 1.30 bits per heavy atom. The van der Waals surface area contributed by atoms with Crippen molar-refractivity contribution in [2.24, 2.45) is 11.8 Å². The maximum Gasteiger partial charge on any atom is 0.0788 e. The van der Waals surface area contributed by atoms with E-state index >= 15 is 0 Å². The first kappa shape index (κ1) is 19.5. The average Bonchev–Trinajstić information content (AvgIpc) is 2.97. The van der Waals surface area contributed by atoms with Gasteiger partial charge in [0.25, 0.3) is 0 Å². The van der Waals surface area contributed by atoms with Crippen molar-refractivity contribution in [1.29, 1.82) is 0 Å². The van der Waals surface area contributed by atoms with E-state index in [4.69, 9.17) is 0 Å². The average molecular weight is 365 g/mol. The number of rotatable bonds is 9. The van der Waals surface area contributed by atoms with E-state index in [9.17, 15) is 0 Å². The number of allylic oxidation sites excluding steroid dienone is 4. The zero-order valence-corrected chi connectivity index (χ0v) is 19.8. The molecule has 0 saturated carbocycles. The molecule has 0 N–H and O–H groups in total. The lowest BCUT2D eigenvalue weighted by molar-refractivity contribution is 0.722. The van der Waals surface area contributed by atoms with E-state index in [1.54, 1.807) is 12.1 Å². The Hall–Kier alpha value is 0.131. The summed E-state index contributed by atoms with van der Waals surface area (Å²) in [5.41, 5.74) is 0. The highest BCUT2D eigenvalue weighted by atomic mass is 28.3. The normalized spacial score (nSPS) is 24.4. The zero-order chi connectivity index (χ0) is 17.3. The molecule has 3 heteroatoms. The first-order chi connectivity index (χ1) is 10.5. The number of fused-ring (bicyclic) bond motifs is 2. The van der Waals surface area contributed by atoms with Crippen molar-refractivity contribution in [3.8, 4) is 0 Å². The van der Waals surface area contributed by atoms with E-state index < -0.39 is 24.2 Å². The third-order valence-corrected chi connectivity index (χ3v) is 14.5. The third-order valence-electron chi connectivity index (χ3n) is 5.92. The van der Waals surface area contributed by atoms with Gasteiger partial charge in [-0.2, -0.15) is 0 Å². The second-order valence-corrected chi connectivity index (χ2v) is 26.8. The van der Waals surface area contributed by atoms with Crippen molar-refractivity contribution in [3.63, 3.8) is 0 Å². The minimum atomic E-state index is -1.22. The molecule has 0 aliphatic heterocycles. The second kappa shape index (κ2) is 7.17. The Kier molecular flexibility index (Phi) is 6.06. The fourth-order valence-corrected chi connectivity index (χ4v) is 12.2. The van der Waals surface area contributed by atoms with Crippen molar-refractivity contribution in [2.45, 2.75) is 89.3 Å². The molecule has 2 aliphatic rings. The lowest BCUT2D eigenvalue weighted by Crippen LogP contribution is -2.36. The van der Waals surface area contributed by atoms with Gasteiger partial charge >= 0.3 is 0 Å². The Balaban J connectivity index is 2.00. The van der Waals surface area contributed by atoms with E-state index in [-0.39, 0.29) is 0 Å². The molecule has 0 aromatic rings. The molecule has 2 rings (SSSR count). The summed E-state index contributed by atoms with van der Waals surface area (Å²) >= 11 is 0. The van der Waals surface area contributed by atoms with Gasteiger partial charge in [-0.15, -0.1) is 0 Å². The minimum absolute atomic E-state index is 0.802. The highest BCUT2D eigenvalue weighted by molar-refractivity contribution is 6.86. The smallest absolute Gasteiger partial charge is 0.0788 e. The lowest BCUT2D eigenvalue weighted by atomic mass is 10.2. The molecule has 2 aliphatic carbocycles. The van der Waals surface area contributed by atoms with Gasteiger partial charge in [-0.1, -0.05) is 106 Å². The minimum Gasteiger partial charge on any atom is -0.0816 e. The molecular formula is C20H40Si3. The van der Waals surface area contributed by atoms with Crippen molar-refractivity contribution < 1.29 is 0 Å². The molecule has 2 bridgehead atoms. The maximum atomic E-state index is 2.74. The van der Waals surface area contributed by atoms with Crippen molar-refractivity contribution in [1.82, 2.24) is 0 Å². The highest BCUT2D eigenvalue weighted by Gasteiger charge is 2.40. The van der Waals surface area contributed by atoms with E-state index in [0.717, 1.165) is 11.8 Å². The van der Waals surface area contributed by atoms with Crippen LogP contribution in [0.15, 0.2) is 23.4 Å². The van der Waals surface area contributed by atoms with Crippen molar-refractivity contribution in [3.05, 3.63) is 23.4 Å². The lowest BCUT2D eigenvalue weighted by Gasteiger charge is -2.34. The summed E-state index contributed by atoms with van der Waals surface area (Å²) in [4.78, 5) is 0. The monoisotopic (exact) mass is 364 g/mol. The molecule has 23 heavy (non-hydrogen) atoms. The fraction of sp³-hybridized carbons (Fsp3) is 0.800. The summed E-state index contributed by atoms with van der Waals surface area (Å²) in [6, 6.07) is 6.18. The summed E-state index contributed by atoms with van der Waals surface area (Å²) in [7, 11) is -2.97. The fourth-order valence-electron chi connectivity index (χ4n) is 4.52. The molecule has 0 heterocycles. The molecule has 2 atom stereocenters. The Bertz CT molecular complexity index is 442. The van der Waals surface area contributed by atoms with Gasteiger partial charge in [-0.05, 0) is 18.3 Å². The van der Waals surface area contributed by atoms with Gasteiger partial charge in [0.1, 0.15) is 0 Å². The molecular weight excluding hydrogens is 324 g/mol. The number of hydrogen-bond acceptors (Lipinski definition) is 0. The molecule has 132 valence electrons. The topological polar surface area (TPSA) is 0 Å². The van der Waals surface area contributed by atoms with Gasteiger partial charge in [-0.25, -0.2) is 0 Å². The quantitative estimate of drug-likeness (QED) is 0.300. The highest BCUT2D eigenvalue weighted by Crippen LogP contribution is 2.46. The van der Waals surface area contributed by atoms with E-state index in [1.165, 1.54) is 31.4 Å². The molecule has 0 amide bonds. The maximum absolute atomic E-state index is 2.74. The van der Waals surface area contributed by atoms with Crippen LogP contribution in [-0.2, 0) is 0 Å². The van der Waals surface area contributed by atoms with Gasteiger partial charge in [0.2, 0.25) is 0 Å². The SMILES string of the molecule is C[Si](C)(C)CCC[Si](C)(CCC[Si](C)(C)C)C1=CC2C=CC1C2. The summed E-state index contributed by atoms with van der Waals surface area (Å²) < 4.78 is 0. The van der Waals surface area contributed by atoms with Crippen molar-refractivity contribution >= 4 is 24.2 Å².